The highest BCUT2D eigenvalue weighted by molar-refractivity contribution is 7.89. The van der Waals surface area contributed by atoms with Crippen molar-refractivity contribution in [2.75, 3.05) is 26.7 Å². The van der Waals surface area contributed by atoms with Gasteiger partial charge in [0, 0.05) is 44.9 Å². The quantitative estimate of drug-likeness (QED) is 0.605. The number of sulfonamides is 1. The molecule has 12 heteroatoms. The molecule has 0 radical (unpaired) electrons. The van der Waals surface area contributed by atoms with Gasteiger partial charge in [-0.05, 0) is 69.1 Å². The number of piperidine rings is 1. The number of Topliss-reactive ketones (excluding diaryl/α,β-unsaturated/α-hetero) is 1. The van der Waals surface area contributed by atoms with Gasteiger partial charge in [-0.3, -0.25) is 14.5 Å². The van der Waals surface area contributed by atoms with Gasteiger partial charge in [-0.25, -0.2) is 13.1 Å². The van der Waals surface area contributed by atoms with Crippen LogP contribution in [0.1, 0.15) is 53.7 Å². The third-order valence-corrected chi connectivity index (χ3v) is 9.06. The van der Waals surface area contributed by atoms with Crippen LogP contribution in [0.5, 0.6) is 0 Å². The number of alkyl halides is 3. The van der Waals surface area contributed by atoms with Gasteiger partial charge in [0.1, 0.15) is 0 Å². The zero-order valence-electron chi connectivity index (χ0n) is 19.7. The normalized spacial score (nSPS) is 20.4. The van der Waals surface area contributed by atoms with E-state index in [0.29, 0.717) is 43.7 Å². The molecule has 3 aliphatic rings. The van der Waals surface area contributed by atoms with Crippen molar-refractivity contribution in [2.24, 2.45) is 0 Å². The number of carbonyl (C=O) groups is 2. The van der Waals surface area contributed by atoms with E-state index in [1.165, 1.54) is 34.9 Å². The molecule has 1 N–H and O–H groups in total. The van der Waals surface area contributed by atoms with Crippen LogP contribution in [0.4, 0.5) is 13.2 Å². The summed E-state index contributed by atoms with van der Waals surface area (Å²) in [5.41, 5.74) is 0.101. The fourth-order valence-corrected chi connectivity index (χ4v) is 6.59. The van der Waals surface area contributed by atoms with E-state index in [1.807, 2.05) is 7.05 Å². The van der Waals surface area contributed by atoms with Gasteiger partial charge in [0.05, 0.1) is 16.1 Å². The van der Waals surface area contributed by atoms with Crippen LogP contribution >= 0.6 is 0 Å². The Balaban J connectivity index is 0.00000320. The molecule has 1 aliphatic carbocycles. The van der Waals surface area contributed by atoms with Crippen LogP contribution in [0, 0.1) is 0 Å². The van der Waals surface area contributed by atoms with E-state index in [0.717, 1.165) is 12.8 Å². The summed E-state index contributed by atoms with van der Waals surface area (Å²) in [7, 11) is -1.70. The molecule has 1 aromatic heterocycles. The standard InChI is InChI=1S/C24H27F3N4O4S.H2/c1-29-14-15-31-19(21(32)24(25,26)27)8-9-20(31)23(29)10-12-30(13-11-23)22(33)16-2-6-18(7-3-16)36(34,35)28-17-4-5-17;/h2-3,6-9,17,28H,4-5,10-15H2,1H3;1H. The maximum absolute atomic E-state index is 13.1. The van der Waals surface area contributed by atoms with Crippen LogP contribution in [0.25, 0.3) is 0 Å². The summed E-state index contributed by atoms with van der Waals surface area (Å²) in [6, 6.07) is 8.67. The first kappa shape index (κ1) is 25.0. The number of hydrogen-bond donors (Lipinski definition) is 1. The first-order chi connectivity index (χ1) is 16.9. The molecule has 2 aliphatic heterocycles. The SMILES string of the molecule is CN1CCn2c(C(=O)C(F)(F)F)ccc2C12CCN(C(=O)c1ccc(S(=O)(=O)NC3CC3)cc1)CC2.[HH]. The maximum Gasteiger partial charge on any atom is 0.456 e. The van der Waals surface area contributed by atoms with Crippen molar-refractivity contribution < 1.29 is 32.6 Å². The molecule has 2 aromatic rings. The second-order valence-electron chi connectivity index (χ2n) is 9.75. The number of rotatable bonds is 5. The predicted molar refractivity (Wildman–Crippen MR) is 126 cm³/mol. The van der Waals surface area contributed by atoms with Crippen LogP contribution in [-0.4, -0.2) is 73.4 Å². The van der Waals surface area contributed by atoms with Crippen molar-refractivity contribution in [3.8, 4) is 0 Å². The fourth-order valence-electron chi connectivity index (χ4n) is 5.28. The summed E-state index contributed by atoms with van der Waals surface area (Å²) in [4.78, 5) is 28.9. The number of aromatic nitrogens is 1. The Bertz CT molecular complexity index is 1300. The third kappa shape index (κ3) is 4.35. The van der Waals surface area contributed by atoms with Gasteiger partial charge in [0.2, 0.25) is 10.0 Å². The number of likely N-dealkylation sites (N-methyl/N-ethyl adjacent to an activating group) is 1. The number of fused-ring (bicyclic) bond motifs is 2. The number of ketones is 1. The van der Waals surface area contributed by atoms with Crippen molar-refractivity contribution in [3.63, 3.8) is 0 Å². The second-order valence-corrected chi connectivity index (χ2v) is 11.5. The smallest absolute Gasteiger partial charge is 0.339 e. The molecular weight excluding hydrogens is 497 g/mol. The van der Waals surface area contributed by atoms with Crippen LogP contribution in [-0.2, 0) is 22.1 Å². The summed E-state index contributed by atoms with van der Waals surface area (Å²) in [5.74, 6) is -2.08. The van der Waals surface area contributed by atoms with Gasteiger partial charge in [-0.15, -0.1) is 0 Å². The monoisotopic (exact) mass is 526 g/mol. The molecule has 8 nitrogen and oxygen atoms in total. The lowest BCUT2D eigenvalue weighted by Crippen LogP contribution is -2.56. The molecule has 0 unspecified atom stereocenters. The van der Waals surface area contributed by atoms with Gasteiger partial charge in [-0.2, -0.15) is 13.2 Å². The zero-order chi connectivity index (χ0) is 25.9. The number of carbonyl (C=O) groups excluding carboxylic acids is 2. The van der Waals surface area contributed by atoms with Crippen molar-refractivity contribution in [1.29, 1.82) is 0 Å². The number of nitrogens with zero attached hydrogens (tertiary/aromatic N) is 3. The number of hydrogen-bond acceptors (Lipinski definition) is 5. The Morgan fingerprint density at radius 2 is 1.64 bits per heavy atom. The summed E-state index contributed by atoms with van der Waals surface area (Å²) in [5, 5.41) is 0. The molecule has 0 bridgehead atoms. The molecule has 1 saturated carbocycles. The Hall–Kier alpha value is -2.70. The van der Waals surface area contributed by atoms with E-state index in [1.54, 1.807) is 11.0 Å². The minimum Gasteiger partial charge on any atom is -0.339 e. The Morgan fingerprint density at radius 3 is 2.22 bits per heavy atom. The first-order valence-corrected chi connectivity index (χ1v) is 13.4. The maximum atomic E-state index is 13.1. The van der Waals surface area contributed by atoms with Gasteiger partial charge < -0.3 is 9.47 Å². The molecule has 5 rings (SSSR count). The third-order valence-electron chi connectivity index (χ3n) is 7.53. The van der Waals surface area contributed by atoms with Gasteiger partial charge in [0.15, 0.2) is 0 Å². The topological polar surface area (TPSA) is 91.7 Å². The lowest BCUT2D eigenvalue weighted by Gasteiger charge is -2.50. The van der Waals surface area contributed by atoms with E-state index < -0.39 is 27.5 Å². The van der Waals surface area contributed by atoms with Gasteiger partial charge in [0.25, 0.3) is 11.7 Å². The van der Waals surface area contributed by atoms with Gasteiger partial charge in [-0.1, -0.05) is 0 Å². The highest BCUT2D eigenvalue weighted by Gasteiger charge is 2.48. The number of amides is 1. The Labute approximate surface area is 208 Å². The number of halogens is 3. The van der Waals surface area contributed by atoms with Crippen molar-refractivity contribution in [3.05, 3.63) is 53.3 Å². The van der Waals surface area contributed by atoms with E-state index >= 15 is 0 Å². The summed E-state index contributed by atoms with van der Waals surface area (Å²) >= 11 is 0. The zero-order valence-corrected chi connectivity index (χ0v) is 20.5. The number of nitrogens with one attached hydrogen (secondary N) is 1. The number of benzene rings is 1. The average Bonchev–Trinajstić information content (AvgIpc) is 3.54. The highest BCUT2D eigenvalue weighted by atomic mass is 32.2. The van der Waals surface area contributed by atoms with Crippen LogP contribution < -0.4 is 4.72 Å². The molecule has 0 atom stereocenters. The fraction of sp³-hybridized carbons (Fsp3) is 0.500. The Morgan fingerprint density at radius 1 is 1.00 bits per heavy atom. The molecule has 1 spiro atoms. The molecule has 36 heavy (non-hydrogen) atoms. The molecule has 1 amide bonds. The molecule has 3 heterocycles. The average molecular weight is 527 g/mol. The van der Waals surface area contributed by atoms with E-state index in [-0.39, 0.29) is 30.5 Å². The van der Waals surface area contributed by atoms with Crippen LogP contribution in [0.15, 0.2) is 41.3 Å². The van der Waals surface area contributed by atoms with Crippen LogP contribution in [0.2, 0.25) is 0 Å². The van der Waals surface area contributed by atoms with Crippen LogP contribution in [0.3, 0.4) is 0 Å². The molecule has 1 aromatic carbocycles. The highest BCUT2D eigenvalue weighted by Crippen LogP contribution is 2.42. The van der Waals surface area contributed by atoms with Crippen molar-refractivity contribution in [1.82, 2.24) is 19.1 Å². The molecule has 196 valence electrons. The van der Waals surface area contributed by atoms with Crippen molar-refractivity contribution >= 4 is 21.7 Å². The lowest BCUT2D eigenvalue weighted by atomic mass is 9.81. The second kappa shape index (κ2) is 8.70. The lowest BCUT2D eigenvalue weighted by molar-refractivity contribution is -0.0892. The van der Waals surface area contributed by atoms with E-state index in [4.69, 9.17) is 0 Å². The largest absolute Gasteiger partial charge is 0.456 e. The first-order valence-electron chi connectivity index (χ1n) is 11.9. The minimum absolute atomic E-state index is 0. The Kier molecular flexibility index (Phi) is 6.04. The summed E-state index contributed by atoms with van der Waals surface area (Å²) in [6.45, 7) is 1.52. The molecular formula is C24H29F3N4O4S. The minimum atomic E-state index is -4.94. The summed E-state index contributed by atoms with van der Waals surface area (Å²) in [6.07, 6.45) is -2.30. The molecule has 1 saturated heterocycles. The predicted octanol–water partition coefficient (Wildman–Crippen LogP) is 3.00. The molecule has 2 fully saturated rings. The van der Waals surface area contributed by atoms with Gasteiger partial charge >= 0.3 is 6.18 Å². The number of likely N-dealkylation sites (tertiary alicyclic amines) is 1. The van der Waals surface area contributed by atoms with Crippen molar-refractivity contribution in [2.45, 2.75) is 54.9 Å². The van der Waals surface area contributed by atoms with E-state index in [9.17, 15) is 31.2 Å². The summed E-state index contributed by atoms with van der Waals surface area (Å²) < 4.78 is 68.1. The van der Waals surface area contributed by atoms with E-state index in [2.05, 4.69) is 9.62 Å².